The van der Waals surface area contributed by atoms with E-state index in [0.29, 0.717) is 23.5 Å². The quantitative estimate of drug-likeness (QED) is 0.208. The molecule has 0 aromatic heterocycles. The van der Waals surface area contributed by atoms with Crippen LogP contribution in [0.1, 0.15) is 58.4 Å². The lowest BCUT2D eigenvalue weighted by molar-refractivity contribution is -0.153. The van der Waals surface area contributed by atoms with Crippen LogP contribution in [0.5, 0.6) is 5.75 Å². The molecule has 0 bridgehead atoms. The third-order valence-electron chi connectivity index (χ3n) is 7.97. The predicted octanol–water partition coefficient (Wildman–Crippen LogP) is 6.63. The molecule has 0 spiro atoms. The Kier molecular flexibility index (Phi) is 12.7. The summed E-state index contributed by atoms with van der Waals surface area (Å²) in [7, 11) is 1.26. The lowest BCUT2D eigenvalue weighted by atomic mass is 9.89. The van der Waals surface area contributed by atoms with Gasteiger partial charge in [0.1, 0.15) is 28.7 Å². The van der Waals surface area contributed by atoms with E-state index in [1.807, 2.05) is 0 Å². The summed E-state index contributed by atoms with van der Waals surface area (Å²) in [5.74, 6) is -2.80. The monoisotopic (exact) mass is 678 g/mol. The van der Waals surface area contributed by atoms with E-state index in [9.17, 15) is 28.0 Å². The van der Waals surface area contributed by atoms with Crippen molar-refractivity contribution in [3.05, 3.63) is 83.9 Å². The molecular weight excluding hydrogens is 634 g/mol. The van der Waals surface area contributed by atoms with Gasteiger partial charge in [-0.3, -0.25) is 14.4 Å². The van der Waals surface area contributed by atoms with Gasteiger partial charge in [-0.05, 0) is 81.5 Å². The number of anilines is 3. The fourth-order valence-corrected chi connectivity index (χ4v) is 5.67. The van der Waals surface area contributed by atoms with Crippen molar-refractivity contribution in [3.63, 3.8) is 0 Å². The van der Waals surface area contributed by atoms with Crippen molar-refractivity contribution < 1.29 is 37.4 Å². The van der Waals surface area contributed by atoms with E-state index in [0.717, 1.165) is 49.1 Å². The van der Waals surface area contributed by atoms with Crippen LogP contribution in [-0.2, 0) is 25.5 Å². The number of halogens is 2. The number of carbonyl (C=O) groups is 4. The van der Waals surface area contributed by atoms with E-state index in [2.05, 4.69) is 10.6 Å². The number of nitrogens with zero attached hydrogens (tertiary/aromatic N) is 2. The van der Waals surface area contributed by atoms with Crippen molar-refractivity contribution in [1.82, 2.24) is 5.32 Å². The second-order valence-corrected chi connectivity index (χ2v) is 13.1. The number of carbonyl (C=O) groups excluding carboxylic acids is 4. The first-order valence-electron chi connectivity index (χ1n) is 16.4. The summed E-state index contributed by atoms with van der Waals surface area (Å²) in [5.41, 5.74) is 0.394. The number of likely N-dealkylation sites (N-methyl/N-ethyl adjacent to an activating group) is 1. The molecule has 1 aliphatic rings. The highest BCUT2D eigenvalue weighted by Gasteiger charge is 2.26. The fourth-order valence-electron chi connectivity index (χ4n) is 5.67. The summed E-state index contributed by atoms with van der Waals surface area (Å²) in [6, 6.07) is 16.2. The maximum absolute atomic E-state index is 14.3. The van der Waals surface area contributed by atoms with Crippen molar-refractivity contribution in [2.45, 2.75) is 64.9 Å². The van der Waals surface area contributed by atoms with Gasteiger partial charge in [0.2, 0.25) is 5.91 Å². The Morgan fingerprint density at radius 1 is 0.878 bits per heavy atom. The van der Waals surface area contributed by atoms with Gasteiger partial charge in [-0.25, -0.2) is 13.6 Å². The van der Waals surface area contributed by atoms with Crippen LogP contribution in [0.15, 0.2) is 66.7 Å². The van der Waals surface area contributed by atoms with Crippen LogP contribution >= 0.6 is 0 Å². The van der Waals surface area contributed by atoms with Gasteiger partial charge in [0, 0.05) is 19.3 Å². The molecule has 0 aliphatic heterocycles. The molecular formula is C37H44F2N4O6. The highest BCUT2D eigenvalue weighted by molar-refractivity contribution is 6.00. The largest absolute Gasteiger partial charge is 0.482 e. The zero-order valence-corrected chi connectivity index (χ0v) is 28.4. The molecule has 2 N–H and O–H groups in total. The number of rotatable bonds is 12. The lowest BCUT2D eigenvalue weighted by Gasteiger charge is -2.31. The highest BCUT2D eigenvalue weighted by atomic mass is 19.1. The zero-order chi connectivity index (χ0) is 35.6. The number of para-hydroxylation sites is 3. The van der Waals surface area contributed by atoms with Crippen molar-refractivity contribution in [1.29, 1.82) is 0 Å². The minimum Gasteiger partial charge on any atom is -0.482 e. The molecule has 262 valence electrons. The van der Waals surface area contributed by atoms with Gasteiger partial charge in [0.15, 0.2) is 6.61 Å². The van der Waals surface area contributed by atoms with Crippen LogP contribution in [0.2, 0.25) is 0 Å². The van der Waals surface area contributed by atoms with Crippen LogP contribution in [0, 0.1) is 17.6 Å². The van der Waals surface area contributed by atoms with Gasteiger partial charge >= 0.3 is 12.0 Å². The van der Waals surface area contributed by atoms with E-state index in [-0.39, 0.29) is 24.6 Å². The van der Waals surface area contributed by atoms with Gasteiger partial charge in [-0.2, -0.15) is 0 Å². The molecule has 0 radical (unpaired) electrons. The van der Waals surface area contributed by atoms with Gasteiger partial charge < -0.3 is 29.9 Å². The normalized spacial score (nSPS) is 13.3. The summed E-state index contributed by atoms with van der Waals surface area (Å²) >= 11 is 0. The Bertz CT molecular complexity index is 1620. The zero-order valence-electron chi connectivity index (χ0n) is 28.4. The molecule has 3 aromatic rings. The molecule has 1 aliphatic carbocycles. The minimum absolute atomic E-state index is 0.0341. The van der Waals surface area contributed by atoms with Gasteiger partial charge in [0.05, 0.1) is 18.7 Å². The summed E-state index contributed by atoms with van der Waals surface area (Å²) in [6.45, 7) is 4.87. The van der Waals surface area contributed by atoms with Crippen LogP contribution < -0.4 is 25.2 Å². The molecule has 0 heterocycles. The lowest BCUT2D eigenvalue weighted by Crippen LogP contribution is -2.44. The molecule has 1 fully saturated rings. The number of benzene rings is 3. The molecule has 12 heteroatoms. The van der Waals surface area contributed by atoms with Crippen molar-refractivity contribution in [3.8, 4) is 5.75 Å². The van der Waals surface area contributed by atoms with E-state index >= 15 is 0 Å². The van der Waals surface area contributed by atoms with E-state index in [1.165, 1.54) is 13.1 Å². The van der Waals surface area contributed by atoms with Crippen molar-refractivity contribution >= 4 is 40.9 Å². The van der Waals surface area contributed by atoms with Crippen molar-refractivity contribution in [2.75, 3.05) is 41.9 Å². The minimum atomic E-state index is -0.884. The molecule has 1 saturated carbocycles. The molecule has 4 rings (SSSR count). The fraction of sp³-hybridized carbons (Fsp3) is 0.405. The first kappa shape index (κ1) is 36.8. The topological polar surface area (TPSA) is 117 Å². The summed E-state index contributed by atoms with van der Waals surface area (Å²) in [6.07, 6.45) is 5.14. The number of urea groups is 1. The molecule has 49 heavy (non-hydrogen) atoms. The third kappa shape index (κ3) is 11.0. The van der Waals surface area contributed by atoms with Crippen LogP contribution in [0.3, 0.4) is 0 Å². The van der Waals surface area contributed by atoms with Gasteiger partial charge in [-0.1, -0.05) is 49.6 Å². The maximum Gasteiger partial charge on any atom is 0.319 e. The molecule has 4 amide bonds. The van der Waals surface area contributed by atoms with E-state index < -0.39 is 53.3 Å². The Balaban J connectivity index is 1.43. The number of nitrogens with one attached hydrogen (secondary N) is 2. The van der Waals surface area contributed by atoms with Crippen LogP contribution in [0.25, 0.3) is 0 Å². The third-order valence-corrected chi connectivity index (χ3v) is 7.97. The smallest absolute Gasteiger partial charge is 0.319 e. The van der Waals surface area contributed by atoms with Crippen molar-refractivity contribution in [2.24, 2.45) is 5.92 Å². The highest BCUT2D eigenvalue weighted by Crippen LogP contribution is 2.32. The molecule has 10 nitrogen and oxygen atoms in total. The van der Waals surface area contributed by atoms with Crippen LogP contribution in [0.4, 0.5) is 30.6 Å². The van der Waals surface area contributed by atoms with E-state index in [1.54, 1.807) is 74.2 Å². The number of hydrogen-bond donors (Lipinski definition) is 2. The average molecular weight is 679 g/mol. The molecule has 0 saturated heterocycles. The van der Waals surface area contributed by atoms with Gasteiger partial charge in [0.25, 0.3) is 5.91 Å². The standard InChI is InChI=1S/C37H44F2N4O6/c1-37(2,3)49-34(46)21-26-14-10-15-27(20-26)41-36(47)40-22-32(44)43(23-25-12-6-5-7-13-25)30-18-8-9-19-31(30)48-24-33(45)42(4)35-28(38)16-11-17-29(35)39/h8-11,14-20,25H,5-7,12-13,21-24H2,1-4H3,(H2,40,41,47). The van der Waals surface area contributed by atoms with E-state index in [4.69, 9.17) is 9.47 Å². The van der Waals surface area contributed by atoms with Gasteiger partial charge in [-0.15, -0.1) is 0 Å². The summed E-state index contributed by atoms with van der Waals surface area (Å²) in [5, 5.41) is 5.32. The first-order valence-corrected chi connectivity index (χ1v) is 16.4. The Hall–Kier alpha value is -5.00. The number of hydrogen-bond acceptors (Lipinski definition) is 6. The maximum atomic E-state index is 14.3. The Morgan fingerprint density at radius 2 is 1.55 bits per heavy atom. The number of ether oxygens (including phenoxy) is 2. The second kappa shape index (κ2) is 16.9. The molecule has 3 aromatic carbocycles. The summed E-state index contributed by atoms with van der Waals surface area (Å²) in [4.78, 5) is 54.2. The predicted molar refractivity (Wildman–Crippen MR) is 184 cm³/mol. The summed E-state index contributed by atoms with van der Waals surface area (Å²) < 4.78 is 39.8. The second-order valence-electron chi connectivity index (χ2n) is 13.1. The Morgan fingerprint density at radius 3 is 2.24 bits per heavy atom. The SMILES string of the molecule is CN(C(=O)COc1ccccc1N(CC1CCCCC1)C(=O)CNC(=O)Nc1cccc(CC(=O)OC(C)(C)C)c1)c1c(F)cccc1F. The molecule has 0 atom stereocenters. The molecule has 0 unspecified atom stereocenters. The average Bonchev–Trinajstić information content (AvgIpc) is 3.05. The van der Waals surface area contributed by atoms with Crippen LogP contribution in [-0.4, -0.2) is 56.2 Å². The Labute approximate surface area is 285 Å². The first-order chi connectivity index (χ1) is 23.3. The number of esters is 1. The number of amides is 4.